The predicted octanol–water partition coefficient (Wildman–Crippen LogP) is 4.36. The minimum Gasteiger partial charge on any atom is -0.489 e. The minimum absolute atomic E-state index is 0.0140. The monoisotopic (exact) mass is 449 g/mol. The second-order valence-electron chi connectivity index (χ2n) is 9.53. The second kappa shape index (κ2) is 10.3. The Morgan fingerprint density at radius 1 is 1.00 bits per heavy atom. The number of unbranched alkanes of at least 4 members (excludes halogenated alkanes) is 1. The molecule has 2 aromatic rings. The Balaban J connectivity index is 1.35. The van der Waals surface area contributed by atoms with E-state index < -0.39 is 0 Å². The molecule has 1 unspecified atom stereocenters. The second-order valence-corrected chi connectivity index (χ2v) is 9.53. The van der Waals surface area contributed by atoms with E-state index in [4.69, 9.17) is 4.74 Å². The summed E-state index contributed by atoms with van der Waals surface area (Å²) in [6, 6.07) is 16.3. The lowest BCUT2D eigenvalue weighted by molar-refractivity contribution is -0.128. The van der Waals surface area contributed by atoms with Crippen LogP contribution in [0.3, 0.4) is 0 Å². The molecular weight excluding hydrogens is 414 g/mol. The highest BCUT2D eigenvalue weighted by molar-refractivity contribution is 5.96. The summed E-state index contributed by atoms with van der Waals surface area (Å²) in [5.41, 5.74) is 2.77. The molecule has 1 N–H and O–H groups in total. The number of nitrogens with zero attached hydrogens (tertiary/aromatic N) is 2. The van der Waals surface area contributed by atoms with Gasteiger partial charge in [0.15, 0.2) is 0 Å². The fraction of sp³-hybridized carbons (Fsp3) is 0.481. The summed E-state index contributed by atoms with van der Waals surface area (Å²) in [7, 11) is 0. The number of rotatable bonds is 6. The van der Waals surface area contributed by atoms with E-state index in [0.717, 1.165) is 43.5 Å². The molecule has 4 rings (SSSR count). The van der Waals surface area contributed by atoms with E-state index in [2.05, 4.69) is 42.6 Å². The van der Waals surface area contributed by atoms with Crippen LogP contribution in [-0.4, -0.2) is 59.9 Å². The Morgan fingerprint density at radius 3 is 2.55 bits per heavy atom. The molecule has 0 radical (unpaired) electrons. The minimum atomic E-state index is -0.157. The summed E-state index contributed by atoms with van der Waals surface area (Å²) in [6.07, 6.45) is 5.14. The van der Waals surface area contributed by atoms with Gasteiger partial charge >= 0.3 is 0 Å². The molecule has 33 heavy (non-hydrogen) atoms. The topological polar surface area (TPSA) is 61.9 Å². The van der Waals surface area contributed by atoms with E-state index in [1.165, 1.54) is 5.56 Å². The number of hydrogen-bond acceptors (Lipinski definition) is 4. The quantitative estimate of drug-likeness (QED) is 0.666. The molecule has 0 saturated carbocycles. The molecule has 0 aromatic heterocycles. The first-order valence-corrected chi connectivity index (χ1v) is 12.1. The highest BCUT2D eigenvalue weighted by Gasteiger charge is 2.31. The van der Waals surface area contributed by atoms with E-state index in [1.807, 2.05) is 28.0 Å². The zero-order chi connectivity index (χ0) is 23.3. The van der Waals surface area contributed by atoms with Crippen LogP contribution in [0.5, 0.6) is 5.75 Å². The number of anilines is 1. The largest absolute Gasteiger partial charge is 0.489 e. The number of aryl methyl sites for hydroxylation is 1. The van der Waals surface area contributed by atoms with Gasteiger partial charge in [0, 0.05) is 38.7 Å². The molecular formula is C27H35N3O3. The van der Waals surface area contributed by atoms with Crippen molar-refractivity contribution in [2.24, 2.45) is 0 Å². The third-order valence-electron chi connectivity index (χ3n) is 6.72. The SMILES string of the molecule is CC(=O)N1CCCN(C(=O)c2ccc3c(c2)NC(C)(CCCCc2ccccc2)CO3)CC1. The molecule has 6 nitrogen and oxygen atoms in total. The summed E-state index contributed by atoms with van der Waals surface area (Å²) >= 11 is 0. The number of nitrogens with one attached hydrogen (secondary N) is 1. The van der Waals surface area contributed by atoms with Crippen molar-refractivity contribution in [3.05, 3.63) is 59.7 Å². The lowest BCUT2D eigenvalue weighted by Crippen LogP contribution is -2.44. The molecule has 2 aliphatic rings. The van der Waals surface area contributed by atoms with Crippen LogP contribution in [-0.2, 0) is 11.2 Å². The molecule has 2 aliphatic heterocycles. The van der Waals surface area contributed by atoms with Gasteiger partial charge in [0.2, 0.25) is 5.91 Å². The zero-order valence-corrected chi connectivity index (χ0v) is 19.8. The highest BCUT2D eigenvalue weighted by atomic mass is 16.5. The van der Waals surface area contributed by atoms with Gasteiger partial charge < -0.3 is 19.9 Å². The smallest absolute Gasteiger partial charge is 0.253 e. The fourth-order valence-electron chi connectivity index (χ4n) is 4.73. The van der Waals surface area contributed by atoms with Crippen LogP contribution in [0.4, 0.5) is 5.69 Å². The van der Waals surface area contributed by atoms with Crippen LogP contribution in [0.1, 0.15) is 55.5 Å². The molecule has 0 aliphatic carbocycles. The third kappa shape index (κ3) is 5.86. The normalized spacial score (nSPS) is 20.3. The number of carbonyl (C=O) groups excluding carboxylic acids is 2. The molecule has 1 saturated heterocycles. The summed E-state index contributed by atoms with van der Waals surface area (Å²) in [5, 5.41) is 3.66. The van der Waals surface area contributed by atoms with E-state index >= 15 is 0 Å². The molecule has 2 aromatic carbocycles. The van der Waals surface area contributed by atoms with Crippen LogP contribution >= 0.6 is 0 Å². The Bertz CT molecular complexity index is 978. The van der Waals surface area contributed by atoms with Gasteiger partial charge in [-0.15, -0.1) is 0 Å². The zero-order valence-electron chi connectivity index (χ0n) is 19.8. The van der Waals surface area contributed by atoms with E-state index in [-0.39, 0.29) is 17.4 Å². The Kier molecular flexibility index (Phi) is 7.21. The summed E-state index contributed by atoms with van der Waals surface area (Å²) in [4.78, 5) is 28.5. The first kappa shape index (κ1) is 23.1. The summed E-state index contributed by atoms with van der Waals surface area (Å²) < 4.78 is 6.06. The van der Waals surface area contributed by atoms with Crippen molar-refractivity contribution in [1.82, 2.24) is 9.80 Å². The molecule has 0 spiro atoms. The van der Waals surface area contributed by atoms with E-state index in [9.17, 15) is 9.59 Å². The van der Waals surface area contributed by atoms with Crippen LogP contribution in [0.2, 0.25) is 0 Å². The van der Waals surface area contributed by atoms with Gasteiger partial charge in [0.25, 0.3) is 5.91 Å². The fourth-order valence-corrected chi connectivity index (χ4v) is 4.73. The highest BCUT2D eigenvalue weighted by Crippen LogP contribution is 2.35. The number of benzene rings is 2. The van der Waals surface area contributed by atoms with Crippen molar-refractivity contribution >= 4 is 17.5 Å². The molecule has 176 valence electrons. The van der Waals surface area contributed by atoms with Gasteiger partial charge in [0.05, 0.1) is 11.2 Å². The third-order valence-corrected chi connectivity index (χ3v) is 6.72. The van der Waals surface area contributed by atoms with Crippen LogP contribution in [0, 0.1) is 0 Å². The average Bonchev–Trinajstić information content (AvgIpc) is 3.08. The lowest BCUT2D eigenvalue weighted by Gasteiger charge is -2.37. The number of carbonyl (C=O) groups is 2. The van der Waals surface area contributed by atoms with Gasteiger partial charge in [-0.1, -0.05) is 36.8 Å². The first-order chi connectivity index (χ1) is 15.9. The average molecular weight is 450 g/mol. The van der Waals surface area contributed by atoms with Crippen molar-refractivity contribution in [3.63, 3.8) is 0 Å². The van der Waals surface area contributed by atoms with Gasteiger partial charge in [-0.2, -0.15) is 0 Å². The Hall–Kier alpha value is -3.02. The van der Waals surface area contributed by atoms with Gasteiger partial charge in [0.1, 0.15) is 12.4 Å². The summed E-state index contributed by atoms with van der Waals surface area (Å²) in [5.74, 6) is 0.884. The molecule has 0 bridgehead atoms. The maximum Gasteiger partial charge on any atom is 0.253 e. The van der Waals surface area contributed by atoms with Crippen molar-refractivity contribution in [1.29, 1.82) is 0 Å². The predicted molar refractivity (Wildman–Crippen MR) is 131 cm³/mol. The maximum atomic E-state index is 13.2. The number of ether oxygens (including phenoxy) is 1. The van der Waals surface area contributed by atoms with Crippen molar-refractivity contribution in [2.75, 3.05) is 38.1 Å². The van der Waals surface area contributed by atoms with Gasteiger partial charge in [-0.25, -0.2) is 0 Å². The lowest BCUT2D eigenvalue weighted by atomic mass is 9.92. The van der Waals surface area contributed by atoms with Crippen LogP contribution in [0.25, 0.3) is 0 Å². The Labute approximate surface area is 196 Å². The molecule has 1 fully saturated rings. The van der Waals surface area contributed by atoms with Crippen molar-refractivity contribution in [2.45, 2.75) is 51.5 Å². The number of hydrogen-bond donors (Lipinski definition) is 1. The molecule has 2 heterocycles. The summed E-state index contributed by atoms with van der Waals surface area (Å²) in [6.45, 7) is 6.94. The first-order valence-electron chi connectivity index (χ1n) is 12.1. The van der Waals surface area contributed by atoms with Crippen LogP contribution in [0.15, 0.2) is 48.5 Å². The van der Waals surface area contributed by atoms with Crippen molar-refractivity contribution < 1.29 is 14.3 Å². The van der Waals surface area contributed by atoms with Crippen LogP contribution < -0.4 is 10.1 Å². The van der Waals surface area contributed by atoms with E-state index in [0.29, 0.717) is 38.3 Å². The molecule has 2 amide bonds. The van der Waals surface area contributed by atoms with Gasteiger partial charge in [-0.3, -0.25) is 9.59 Å². The number of fused-ring (bicyclic) bond motifs is 1. The molecule has 6 heteroatoms. The number of amides is 2. The standard InChI is InChI=1S/C27H35N3O3/c1-21(31)29-15-8-16-30(18-17-29)26(32)23-12-13-25-24(19-23)28-27(2,20-33-25)14-7-6-11-22-9-4-3-5-10-22/h3-5,9-10,12-13,19,28H,6-8,11,14-18,20H2,1-2H3. The van der Waals surface area contributed by atoms with E-state index in [1.54, 1.807) is 6.92 Å². The van der Waals surface area contributed by atoms with Crippen molar-refractivity contribution in [3.8, 4) is 5.75 Å². The maximum absolute atomic E-state index is 13.2. The van der Waals surface area contributed by atoms with Gasteiger partial charge in [-0.05, 0) is 56.4 Å². The molecule has 1 atom stereocenters. The Morgan fingerprint density at radius 2 is 1.76 bits per heavy atom.